The second kappa shape index (κ2) is 11.4. The van der Waals surface area contributed by atoms with E-state index >= 15 is 4.39 Å². The summed E-state index contributed by atoms with van der Waals surface area (Å²) in [5.41, 5.74) is -2.78. The van der Waals surface area contributed by atoms with Gasteiger partial charge in [-0.3, -0.25) is 9.59 Å². The number of anilines is 3. The third kappa shape index (κ3) is 6.17. The normalized spacial score (nSPS) is 18.4. The number of aromatic nitrogens is 3. The topological polar surface area (TPSA) is 107 Å². The summed E-state index contributed by atoms with van der Waals surface area (Å²) in [5, 5.41) is 2.53. The SMILES string of the molecule is C[C@@H]1CN(c2cc(F)c(-c3nccc(N4CCOCC4)n3)cc2NC(=O)c2c[nH]c(=O)cc2C(F)(F)F)CCN1C. The molecular weight excluding hydrogens is 546 g/mol. The van der Waals surface area contributed by atoms with Crippen molar-refractivity contribution in [2.75, 3.05) is 68.1 Å². The van der Waals surface area contributed by atoms with E-state index in [0.717, 1.165) is 6.20 Å². The van der Waals surface area contributed by atoms with Gasteiger partial charge in [-0.05, 0) is 26.1 Å². The number of carbonyl (C=O) groups excluding carboxylic acids is 1. The van der Waals surface area contributed by atoms with Crippen molar-refractivity contribution in [3.63, 3.8) is 0 Å². The summed E-state index contributed by atoms with van der Waals surface area (Å²) in [4.78, 5) is 41.7. The molecule has 2 aliphatic heterocycles. The van der Waals surface area contributed by atoms with Gasteiger partial charge in [0.05, 0.1) is 41.3 Å². The van der Waals surface area contributed by atoms with Crippen molar-refractivity contribution in [1.82, 2.24) is 19.9 Å². The molecule has 10 nitrogen and oxygen atoms in total. The molecule has 0 saturated carbocycles. The highest BCUT2D eigenvalue weighted by atomic mass is 19.4. The van der Waals surface area contributed by atoms with Gasteiger partial charge in [0, 0.05) is 63.3 Å². The van der Waals surface area contributed by atoms with Crippen molar-refractivity contribution in [3.05, 3.63) is 64.0 Å². The van der Waals surface area contributed by atoms with Crippen LogP contribution in [0.2, 0.25) is 0 Å². The Morgan fingerprint density at radius 2 is 1.88 bits per heavy atom. The minimum Gasteiger partial charge on any atom is -0.378 e. The highest BCUT2D eigenvalue weighted by molar-refractivity contribution is 6.07. The van der Waals surface area contributed by atoms with Gasteiger partial charge in [-0.15, -0.1) is 0 Å². The summed E-state index contributed by atoms with van der Waals surface area (Å²) >= 11 is 0. The first-order valence-electron chi connectivity index (χ1n) is 13.1. The summed E-state index contributed by atoms with van der Waals surface area (Å²) in [5.74, 6) is -1.13. The molecule has 1 aromatic carbocycles. The molecule has 218 valence electrons. The summed E-state index contributed by atoms with van der Waals surface area (Å²) in [6.07, 6.45) is -2.73. The van der Waals surface area contributed by atoms with E-state index in [1.807, 2.05) is 23.8 Å². The van der Waals surface area contributed by atoms with Gasteiger partial charge in [0.1, 0.15) is 11.6 Å². The van der Waals surface area contributed by atoms with Crippen LogP contribution < -0.4 is 20.7 Å². The smallest absolute Gasteiger partial charge is 0.378 e. The van der Waals surface area contributed by atoms with E-state index < -0.39 is 34.6 Å². The number of alkyl halides is 3. The number of nitrogens with zero attached hydrogens (tertiary/aromatic N) is 5. The van der Waals surface area contributed by atoms with Crippen LogP contribution in [0.15, 0.2) is 41.5 Å². The number of morpholine rings is 1. The molecule has 2 saturated heterocycles. The number of amides is 1. The molecule has 0 bridgehead atoms. The number of likely N-dealkylation sites (N-methyl/N-ethyl adjacent to an activating group) is 1. The average Bonchev–Trinajstić information content (AvgIpc) is 2.95. The van der Waals surface area contributed by atoms with E-state index in [4.69, 9.17) is 4.74 Å². The molecule has 4 heterocycles. The maximum Gasteiger partial charge on any atom is 0.417 e. The molecule has 41 heavy (non-hydrogen) atoms. The highest BCUT2D eigenvalue weighted by Crippen LogP contribution is 2.36. The predicted octanol–water partition coefficient (Wildman–Crippen LogP) is 3.22. The van der Waals surface area contributed by atoms with Gasteiger partial charge in [0.15, 0.2) is 5.82 Å². The van der Waals surface area contributed by atoms with Gasteiger partial charge >= 0.3 is 6.18 Å². The number of H-pyrrole nitrogens is 1. The number of halogens is 4. The van der Waals surface area contributed by atoms with Crippen LogP contribution in [0.3, 0.4) is 0 Å². The van der Waals surface area contributed by atoms with Crippen LogP contribution in [0, 0.1) is 5.82 Å². The van der Waals surface area contributed by atoms with E-state index in [0.29, 0.717) is 63.5 Å². The molecule has 0 unspecified atom stereocenters. The van der Waals surface area contributed by atoms with Crippen LogP contribution in [0.25, 0.3) is 11.4 Å². The Labute approximate surface area is 233 Å². The molecular formula is C27H29F4N7O3. The largest absolute Gasteiger partial charge is 0.417 e. The van der Waals surface area contributed by atoms with Crippen molar-refractivity contribution in [2.24, 2.45) is 0 Å². The van der Waals surface area contributed by atoms with E-state index in [2.05, 4.69) is 25.2 Å². The van der Waals surface area contributed by atoms with E-state index in [-0.39, 0.29) is 23.1 Å². The summed E-state index contributed by atoms with van der Waals surface area (Å²) in [7, 11) is 1.96. The van der Waals surface area contributed by atoms with Gasteiger partial charge < -0.3 is 29.7 Å². The third-order valence-corrected chi connectivity index (χ3v) is 7.33. The quantitative estimate of drug-likeness (QED) is 0.447. The van der Waals surface area contributed by atoms with Gasteiger partial charge in [-0.25, -0.2) is 14.4 Å². The molecule has 2 aromatic heterocycles. The maximum absolute atomic E-state index is 15.7. The summed E-state index contributed by atoms with van der Waals surface area (Å²) in [6.45, 7) is 5.88. The monoisotopic (exact) mass is 575 g/mol. The Morgan fingerprint density at radius 3 is 2.59 bits per heavy atom. The second-order valence-corrected chi connectivity index (χ2v) is 10.0. The van der Waals surface area contributed by atoms with Crippen LogP contribution in [-0.2, 0) is 10.9 Å². The standard InChI is InChI=1S/C27H29F4N7O3/c1-16-15-38(6-5-36(16)2)22-13-20(28)17(25-32-4-3-23(35-25)37-7-9-41-10-8-37)11-21(22)34-26(40)18-14-33-24(39)12-19(18)27(29,30)31/h3-4,11-14,16H,5-10,15H2,1-2H3,(H,33,39)(H,34,40)/t16-/m1/s1. The number of rotatable bonds is 5. The van der Waals surface area contributed by atoms with Crippen molar-refractivity contribution in [1.29, 1.82) is 0 Å². The van der Waals surface area contributed by atoms with Crippen LogP contribution in [-0.4, -0.2) is 84.8 Å². The van der Waals surface area contributed by atoms with Gasteiger partial charge in [-0.2, -0.15) is 13.2 Å². The number of benzene rings is 1. The lowest BCUT2D eigenvalue weighted by Crippen LogP contribution is -2.50. The van der Waals surface area contributed by atoms with Crippen LogP contribution in [0.1, 0.15) is 22.8 Å². The number of hydrogen-bond acceptors (Lipinski definition) is 8. The number of hydrogen-bond donors (Lipinski definition) is 2. The number of nitrogens with one attached hydrogen (secondary N) is 2. The van der Waals surface area contributed by atoms with E-state index in [9.17, 15) is 22.8 Å². The molecule has 0 spiro atoms. The Bertz CT molecular complexity index is 1490. The fourth-order valence-corrected chi connectivity index (χ4v) is 4.89. The number of piperazine rings is 1. The Balaban J connectivity index is 1.56. The lowest BCUT2D eigenvalue weighted by atomic mass is 10.1. The Kier molecular flexibility index (Phi) is 7.95. The molecule has 2 fully saturated rings. The fourth-order valence-electron chi connectivity index (χ4n) is 4.89. The van der Waals surface area contributed by atoms with Gasteiger partial charge in [-0.1, -0.05) is 0 Å². The molecule has 1 atom stereocenters. The van der Waals surface area contributed by atoms with Crippen LogP contribution in [0.5, 0.6) is 0 Å². The molecule has 14 heteroatoms. The molecule has 1 amide bonds. The summed E-state index contributed by atoms with van der Waals surface area (Å²) in [6, 6.07) is 4.71. The van der Waals surface area contributed by atoms with E-state index in [1.54, 1.807) is 6.07 Å². The van der Waals surface area contributed by atoms with Crippen molar-refractivity contribution >= 4 is 23.1 Å². The molecule has 5 rings (SSSR count). The number of ether oxygens (including phenoxy) is 1. The summed E-state index contributed by atoms with van der Waals surface area (Å²) < 4.78 is 62.1. The van der Waals surface area contributed by atoms with Crippen LogP contribution >= 0.6 is 0 Å². The van der Waals surface area contributed by atoms with Crippen LogP contribution in [0.4, 0.5) is 34.8 Å². The zero-order chi connectivity index (χ0) is 29.3. The molecule has 0 aliphatic carbocycles. The number of aromatic amines is 1. The Hall–Kier alpha value is -4.04. The minimum absolute atomic E-state index is 0.0288. The van der Waals surface area contributed by atoms with Crippen molar-refractivity contribution in [3.8, 4) is 11.4 Å². The predicted molar refractivity (Wildman–Crippen MR) is 145 cm³/mol. The molecule has 2 N–H and O–H groups in total. The maximum atomic E-state index is 15.7. The van der Waals surface area contributed by atoms with E-state index in [1.165, 1.54) is 18.3 Å². The van der Waals surface area contributed by atoms with Crippen molar-refractivity contribution in [2.45, 2.75) is 19.1 Å². The number of carbonyl (C=O) groups is 1. The first-order chi connectivity index (χ1) is 19.5. The highest BCUT2D eigenvalue weighted by Gasteiger charge is 2.36. The average molecular weight is 576 g/mol. The van der Waals surface area contributed by atoms with Gasteiger partial charge in [0.25, 0.3) is 5.91 Å². The molecule has 2 aliphatic rings. The van der Waals surface area contributed by atoms with Gasteiger partial charge in [0.2, 0.25) is 5.56 Å². The third-order valence-electron chi connectivity index (χ3n) is 7.33. The first-order valence-corrected chi connectivity index (χ1v) is 13.1. The second-order valence-electron chi connectivity index (χ2n) is 10.0. The lowest BCUT2D eigenvalue weighted by Gasteiger charge is -2.39. The molecule has 3 aromatic rings. The number of pyridine rings is 1. The minimum atomic E-state index is -4.95. The Morgan fingerprint density at radius 1 is 1.12 bits per heavy atom. The molecule has 0 radical (unpaired) electrons. The fraction of sp³-hybridized carbons (Fsp3) is 0.407. The lowest BCUT2D eigenvalue weighted by molar-refractivity contribution is -0.138. The van der Waals surface area contributed by atoms with Crippen molar-refractivity contribution < 1.29 is 27.1 Å². The first kappa shape index (κ1) is 28.5. The zero-order valence-electron chi connectivity index (χ0n) is 22.5. The zero-order valence-corrected chi connectivity index (χ0v) is 22.5.